The Kier molecular flexibility index (Phi) is 5.35. The molecule has 0 unspecified atom stereocenters. The van der Waals surface area contributed by atoms with E-state index in [9.17, 15) is 9.59 Å². The second-order valence-electron chi connectivity index (χ2n) is 3.58. The number of carbonyl (C=O) groups excluding carboxylic acids is 2. The van der Waals surface area contributed by atoms with Crippen molar-refractivity contribution in [2.24, 2.45) is 0 Å². The Hall–Kier alpha value is -0.660. The highest BCUT2D eigenvalue weighted by Gasteiger charge is 2.48. The third-order valence-electron chi connectivity index (χ3n) is 2.26. The molecular weight excluding hydrogens is 296 g/mol. The molecule has 0 saturated carbocycles. The number of carbonyl (C=O) groups is 2. The lowest BCUT2D eigenvalue weighted by atomic mass is 10.1. The molecule has 0 spiro atoms. The first-order valence-corrected chi connectivity index (χ1v) is 6.20. The monoisotopic (exact) mass is 310 g/mol. The molecule has 1 fully saturated rings. The van der Waals surface area contributed by atoms with E-state index in [0.717, 1.165) is 0 Å². The summed E-state index contributed by atoms with van der Waals surface area (Å²) in [5.74, 6) is -0.938. The zero-order chi connectivity index (χ0) is 13.0. The van der Waals surface area contributed by atoms with Crippen LogP contribution in [0.3, 0.4) is 0 Å². The van der Waals surface area contributed by atoms with Crippen LogP contribution in [-0.4, -0.2) is 49.0 Å². The van der Waals surface area contributed by atoms with Crippen LogP contribution >= 0.6 is 15.9 Å². The Bertz CT molecular complexity index is 267. The third kappa shape index (κ3) is 3.65. The number of hydrogen-bond acceptors (Lipinski definition) is 6. The Labute approximate surface area is 108 Å². The maximum atomic E-state index is 11.0. The van der Waals surface area contributed by atoms with Gasteiger partial charge < -0.3 is 18.9 Å². The number of esters is 2. The first kappa shape index (κ1) is 14.4. The van der Waals surface area contributed by atoms with E-state index in [-0.39, 0.29) is 0 Å². The van der Waals surface area contributed by atoms with Gasteiger partial charge in [0.15, 0.2) is 18.5 Å². The minimum absolute atomic E-state index is 0.409. The maximum Gasteiger partial charge on any atom is 0.303 e. The summed E-state index contributed by atoms with van der Waals surface area (Å²) in [7, 11) is 1.43. The van der Waals surface area contributed by atoms with Crippen LogP contribution in [0, 0.1) is 0 Å². The summed E-state index contributed by atoms with van der Waals surface area (Å²) in [5, 5.41) is 0.447. The van der Waals surface area contributed by atoms with Gasteiger partial charge in [-0.3, -0.25) is 9.59 Å². The number of methoxy groups -OCH3 is 1. The van der Waals surface area contributed by atoms with Crippen molar-refractivity contribution in [1.29, 1.82) is 0 Å². The zero-order valence-electron chi connectivity index (χ0n) is 9.84. The van der Waals surface area contributed by atoms with Crippen molar-refractivity contribution in [3.8, 4) is 0 Å². The number of rotatable bonds is 4. The molecule has 6 nitrogen and oxygen atoms in total. The van der Waals surface area contributed by atoms with E-state index >= 15 is 0 Å². The minimum Gasteiger partial charge on any atom is -0.456 e. The number of alkyl halides is 1. The van der Waals surface area contributed by atoms with Gasteiger partial charge in [0.25, 0.3) is 0 Å². The average Bonchev–Trinajstić information content (AvgIpc) is 2.55. The van der Waals surface area contributed by atoms with Gasteiger partial charge >= 0.3 is 11.9 Å². The van der Waals surface area contributed by atoms with Crippen LogP contribution in [0.1, 0.15) is 13.8 Å². The van der Waals surface area contributed by atoms with Gasteiger partial charge in [0.05, 0.1) is 0 Å². The normalized spacial score (nSPS) is 32.2. The van der Waals surface area contributed by atoms with Crippen molar-refractivity contribution in [3.63, 3.8) is 0 Å². The molecule has 98 valence electrons. The molecule has 0 aromatic carbocycles. The van der Waals surface area contributed by atoms with E-state index in [2.05, 4.69) is 15.9 Å². The molecule has 1 heterocycles. The van der Waals surface area contributed by atoms with Crippen molar-refractivity contribution in [2.75, 3.05) is 12.4 Å². The lowest BCUT2D eigenvalue weighted by Crippen LogP contribution is -2.40. The summed E-state index contributed by atoms with van der Waals surface area (Å²) in [5.41, 5.74) is 0. The zero-order valence-corrected chi connectivity index (χ0v) is 11.4. The summed E-state index contributed by atoms with van der Waals surface area (Å²) < 4.78 is 20.7. The van der Waals surface area contributed by atoms with Crippen LogP contribution in [0.2, 0.25) is 0 Å². The average molecular weight is 311 g/mol. The fourth-order valence-electron chi connectivity index (χ4n) is 1.66. The standard InChI is InChI=1S/C10H15BrO6/c1-5(12)15-8-7(4-11)17-10(14-3)9(8)16-6(2)13/h7-10H,4H2,1-3H3/t7-,8-,9-,10+/m1/s1. The molecule has 7 heteroatoms. The molecule has 4 atom stereocenters. The SMILES string of the molecule is CO[C@H]1O[C@H](CBr)[C@@H](OC(C)=O)[C@H]1OC(C)=O. The fraction of sp³-hybridized carbons (Fsp3) is 0.800. The number of halogens is 1. The van der Waals surface area contributed by atoms with Crippen molar-refractivity contribution in [1.82, 2.24) is 0 Å². The lowest BCUT2D eigenvalue weighted by Gasteiger charge is -2.22. The molecule has 1 saturated heterocycles. The Morgan fingerprint density at radius 1 is 1.18 bits per heavy atom. The second-order valence-corrected chi connectivity index (χ2v) is 4.23. The molecule has 1 rings (SSSR count). The van der Waals surface area contributed by atoms with Gasteiger partial charge in [-0.1, -0.05) is 15.9 Å². The van der Waals surface area contributed by atoms with Crippen LogP contribution in [-0.2, 0) is 28.5 Å². The first-order valence-electron chi connectivity index (χ1n) is 5.08. The smallest absolute Gasteiger partial charge is 0.303 e. The topological polar surface area (TPSA) is 71.1 Å². The van der Waals surface area contributed by atoms with Gasteiger partial charge in [-0.2, -0.15) is 0 Å². The Morgan fingerprint density at radius 2 is 1.71 bits per heavy atom. The second kappa shape index (κ2) is 6.32. The van der Waals surface area contributed by atoms with Crippen molar-refractivity contribution in [3.05, 3.63) is 0 Å². The highest BCUT2D eigenvalue weighted by atomic mass is 79.9. The summed E-state index contributed by atoms with van der Waals surface area (Å²) in [6.07, 6.45) is -2.55. The van der Waals surface area contributed by atoms with E-state index < -0.39 is 36.5 Å². The molecule has 0 aromatic heterocycles. The van der Waals surface area contributed by atoms with Gasteiger partial charge in [0.2, 0.25) is 0 Å². The van der Waals surface area contributed by atoms with E-state index in [1.54, 1.807) is 0 Å². The Balaban J connectivity index is 2.82. The number of hydrogen-bond donors (Lipinski definition) is 0. The van der Waals surface area contributed by atoms with Crippen molar-refractivity contribution in [2.45, 2.75) is 38.4 Å². The van der Waals surface area contributed by atoms with Gasteiger partial charge in [0.1, 0.15) is 6.10 Å². The summed E-state index contributed by atoms with van der Waals surface area (Å²) >= 11 is 3.24. The maximum absolute atomic E-state index is 11.0. The van der Waals surface area contributed by atoms with Crippen LogP contribution in [0.25, 0.3) is 0 Å². The van der Waals surface area contributed by atoms with Crippen LogP contribution in [0.5, 0.6) is 0 Å². The fourth-order valence-corrected chi connectivity index (χ4v) is 2.18. The number of ether oxygens (including phenoxy) is 4. The van der Waals surface area contributed by atoms with Gasteiger partial charge in [-0.05, 0) is 0 Å². The summed E-state index contributed by atoms with van der Waals surface area (Å²) in [6.45, 7) is 2.56. The van der Waals surface area contributed by atoms with E-state index in [1.807, 2.05) is 0 Å². The van der Waals surface area contributed by atoms with E-state index in [1.165, 1.54) is 21.0 Å². The van der Waals surface area contributed by atoms with Gasteiger partial charge in [-0.25, -0.2) is 0 Å². The van der Waals surface area contributed by atoms with E-state index in [0.29, 0.717) is 5.33 Å². The predicted molar refractivity (Wildman–Crippen MR) is 60.6 cm³/mol. The largest absolute Gasteiger partial charge is 0.456 e. The lowest BCUT2D eigenvalue weighted by molar-refractivity contribution is -0.180. The highest BCUT2D eigenvalue weighted by Crippen LogP contribution is 2.28. The first-order chi connectivity index (χ1) is 7.99. The summed E-state index contributed by atoms with van der Waals surface area (Å²) in [4.78, 5) is 22.0. The quantitative estimate of drug-likeness (QED) is 0.560. The van der Waals surface area contributed by atoms with Gasteiger partial charge in [-0.15, -0.1) is 0 Å². The molecule has 1 aliphatic heterocycles. The molecule has 0 radical (unpaired) electrons. The molecule has 1 aliphatic rings. The third-order valence-corrected chi connectivity index (χ3v) is 2.89. The predicted octanol–water partition coefficient (Wildman–Crippen LogP) is 0.616. The molecule has 0 bridgehead atoms. The highest BCUT2D eigenvalue weighted by molar-refractivity contribution is 9.09. The van der Waals surface area contributed by atoms with E-state index in [4.69, 9.17) is 18.9 Å². The van der Waals surface area contributed by atoms with Crippen molar-refractivity contribution >= 4 is 27.9 Å². The molecule has 0 N–H and O–H groups in total. The van der Waals surface area contributed by atoms with Crippen LogP contribution < -0.4 is 0 Å². The molecular formula is C10H15BrO6. The summed E-state index contributed by atoms with van der Waals surface area (Å²) in [6, 6.07) is 0. The molecule has 0 aromatic rings. The van der Waals surface area contributed by atoms with Crippen molar-refractivity contribution < 1.29 is 28.5 Å². The molecule has 0 amide bonds. The van der Waals surface area contributed by atoms with Crippen LogP contribution in [0.15, 0.2) is 0 Å². The Morgan fingerprint density at radius 3 is 2.12 bits per heavy atom. The van der Waals surface area contributed by atoms with Gasteiger partial charge in [0, 0.05) is 26.3 Å². The molecule has 17 heavy (non-hydrogen) atoms. The van der Waals surface area contributed by atoms with Crippen LogP contribution in [0.4, 0.5) is 0 Å². The minimum atomic E-state index is -0.746. The molecule has 0 aliphatic carbocycles.